The van der Waals surface area contributed by atoms with E-state index in [1.165, 1.54) is 10.6 Å². The van der Waals surface area contributed by atoms with Gasteiger partial charge in [-0.25, -0.2) is 12.7 Å². The van der Waals surface area contributed by atoms with Gasteiger partial charge in [0, 0.05) is 46.5 Å². The van der Waals surface area contributed by atoms with Crippen molar-refractivity contribution < 1.29 is 13.2 Å². The minimum absolute atomic E-state index is 0.0287. The largest absolute Gasteiger partial charge is 0.339 e. The molecule has 150 valence electrons. The quantitative estimate of drug-likeness (QED) is 0.603. The number of hydrogen-bond acceptors (Lipinski definition) is 4. The number of thiophene rings is 1. The van der Waals surface area contributed by atoms with Crippen LogP contribution in [0.5, 0.6) is 0 Å². The number of nitrogens with zero attached hydrogens (tertiary/aromatic N) is 2. The van der Waals surface area contributed by atoms with Crippen LogP contribution < -0.4 is 0 Å². The van der Waals surface area contributed by atoms with Gasteiger partial charge in [-0.05, 0) is 48.7 Å². The minimum atomic E-state index is -3.19. The molecule has 0 radical (unpaired) electrons. The molecule has 1 aliphatic rings. The molecule has 0 spiro atoms. The number of halogens is 1. The van der Waals surface area contributed by atoms with E-state index in [0.717, 1.165) is 19.8 Å². The Bertz CT molecular complexity index is 960. The number of rotatable bonds is 5. The van der Waals surface area contributed by atoms with E-state index in [2.05, 4.69) is 34.1 Å². The summed E-state index contributed by atoms with van der Waals surface area (Å²) < 4.78 is 25.8. The molecule has 5 nitrogen and oxygen atoms in total. The van der Waals surface area contributed by atoms with E-state index in [4.69, 9.17) is 0 Å². The van der Waals surface area contributed by atoms with Crippen molar-refractivity contribution in [2.75, 3.05) is 26.4 Å². The molecule has 3 rings (SSSR count). The van der Waals surface area contributed by atoms with E-state index in [1.807, 2.05) is 24.3 Å². The van der Waals surface area contributed by atoms with Crippen molar-refractivity contribution in [3.63, 3.8) is 0 Å². The summed E-state index contributed by atoms with van der Waals surface area (Å²) in [4.78, 5) is 16.4. The fourth-order valence-electron chi connectivity index (χ4n) is 3.19. The number of benzene rings is 1. The second-order valence-corrected chi connectivity index (χ2v) is 11.0. The van der Waals surface area contributed by atoms with Crippen molar-refractivity contribution in [3.8, 4) is 10.4 Å². The van der Waals surface area contributed by atoms with Gasteiger partial charge in [-0.1, -0.05) is 28.1 Å². The zero-order chi connectivity index (χ0) is 20.3. The van der Waals surface area contributed by atoms with E-state index >= 15 is 0 Å². The molecule has 1 fully saturated rings. The lowest BCUT2D eigenvalue weighted by molar-refractivity contribution is -0.127. The molecule has 28 heavy (non-hydrogen) atoms. The summed E-state index contributed by atoms with van der Waals surface area (Å²) in [6, 6.07) is 12.2. The first-order valence-electron chi connectivity index (χ1n) is 9.00. The summed E-state index contributed by atoms with van der Waals surface area (Å²) in [5.41, 5.74) is 1.15. The van der Waals surface area contributed by atoms with Crippen LogP contribution in [0.4, 0.5) is 0 Å². The van der Waals surface area contributed by atoms with Crippen LogP contribution in [-0.2, 0) is 14.8 Å². The Labute approximate surface area is 178 Å². The molecule has 8 heteroatoms. The van der Waals surface area contributed by atoms with Crippen molar-refractivity contribution >= 4 is 49.3 Å². The molecule has 2 aromatic rings. The average molecular weight is 483 g/mol. The molecule has 1 aromatic heterocycles. The SMILES string of the molecule is CN(C1CCN(C(=O)/C=C/c2ccc(-c3ccc(Br)cc3)s2)CC1)S(C)(=O)=O. The summed E-state index contributed by atoms with van der Waals surface area (Å²) in [6.45, 7) is 1.14. The third-order valence-electron chi connectivity index (χ3n) is 4.96. The Morgan fingerprint density at radius 3 is 2.43 bits per heavy atom. The van der Waals surface area contributed by atoms with E-state index in [0.29, 0.717) is 25.9 Å². The predicted octanol–water partition coefficient (Wildman–Crippen LogP) is 4.07. The van der Waals surface area contributed by atoms with Crippen LogP contribution in [0.3, 0.4) is 0 Å². The number of sulfonamides is 1. The fourth-order valence-corrected chi connectivity index (χ4v) is 5.12. The fraction of sp³-hybridized carbons (Fsp3) is 0.350. The van der Waals surface area contributed by atoms with E-state index in [9.17, 15) is 13.2 Å². The number of amides is 1. The van der Waals surface area contributed by atoms with Gasteiger partial charge in [0.05, 0.1) is 6.26 Å². The summed E-state index contributed by atoms with van der Waals surface area (Å²) in [6.07, 6.45) is 6.00. The van der Waals surface area contributed by atoms with Crippen molar-refractivity contribution in [1.82, 2.24) is 9.21 Å². The average Bonchev–Trinajstić information content (AvgIpc) is 3.14. The molecule has 1 amide bonds. The zero-order valence-electron chi connectivity index (χ0n) is 15.8. The van der Waals surface area contributed by atoms with Gasteiger partial charge in [-0.3, -0.25) is 4.79 Å². The van der Waals surface area contributed by atoms with Crippen LogP contribution >= 0.6 is 27.3 Å². The van der Waals surface area contributed by atoms with E-state index in [1.54, 1.807) is 29.4 Å². The molecule has 0 atom stereocenters. The van der Waals surface area contributed by atoms with Gasteiger partial charge in [-0.15, -0.1) is 11.3 Å². The van der Waals surface area contributed by atoms with Gasteiger partial charge in [-0.2, -0.15) is 0 Å². The Kier molecular flexibility index (Phi) is 6.75. The third-order valence-corrected chi connectivity index (χ3v) is 7.93. The van der Waals surface area contributed by atoms with Crippen LogP contribution in [0, 0.1) is 0 Å². The highest BCUT2D eigenvalue weighted by molar-refractivity contribution is 9.10. The molecule has 1 aliphatic heterocycles. The van der Waals surface area contributed by atoms with Crippen LogP contribution in [0.2, 0.25) is 0 Å². The normalized spacial score (nSPS) is 16.2. The van der Waals surface area contributed by atoms with E-state index < -0.39 is 10.0 Å². The first-order valence-corrected chi connectivity index (χ1v) is 12.5. The first-order chi connectivity index (χ1) is 13.2. The number of carbonyl (C=O) groups is 1. The highest BCUT2D eigenvalue weighted by Crippen LogP contribution is 2.29. The molecule has 1 saturated heterocycles. The molecule has 2 heterocycles. The maximum atomic E-state index is 12.5. The zero-order valence-corrected chi connectivity index (χ0v) is 19.1. The topological polar surface area (TPSA) is 57.7 Å². The highest BCUT2D eigenvalue weighted by atomic mass is 79.9. The Balaban J connectivity index is 1.57. The maximum absolute atomic E-state index is 12.5. The van der Waals surface area contributed by atoms with Crippen molar-refractivity contribution in [3.05, 3.63) is 51.8 Å². The molecular formula is C20H23BrN2O3S2. The molecule has 1 aromatic carbocycles. The van der Waals surface area contributed by atoms with Crippen molar-refractivity contribution in [1.29, 1.82) is 0 Å². The van der Waals surface area contributed by atoms with Gasteiger partial charge < -0.3 is 4.90 Å². The number of carbonyl (C=O) groups excluding carboxylic acids is 1. The number of hydrogen-bond donors (Lipinski definition) is 0. The van der Waals surface area contributed by atoms with Gasteiger partial charge in [0.2, 0.25) is 15.9 Å². The molecule has 0 aliphatic carbocycles. The number of piperidine rings is 1. The van der Waals surface area contributed by atoms with Crippen LogP contribution in [0.15, 0.2) is 46.9 Å². The predicted molar refractivity (Wildman–Crippen MR) is 119 cm³/mol. The Morgan fingerprint density at radius 2 is 1.82 bits per heavy atom. The second-order valence-electron chi connectivity index (χ2n) is 6.88. The van der Waals surface area contributed by atoms with Gasteiger partial charge >= 0.3 is 0 Å². The summed E-state index contributed by atoms with van der Waals surface area (Å²) in [5.74, 6) is -0.0287. The molecule has 0 saturated carbocycles. The van der Waals surface area contributed by atoms with Crippen molar-refractivity contribution in [2.24, 2.45) is 0 Å². The van der Waals surface area contributed by atoms with Gasteiger partial charge in [0.15, 0.2) is 0 Å². The number of likely N-dealkylation sites (tertiary alicyclic amines) is 1. The second kappa shape index (κ2) is 8.90. The lowest BCUT2D eigenvalue weighted by Gasteiger charge is -2.35. The van der Waals surface area contributed by atoms with Crippen LogP contribution in [0.25, 0.3) is 16.5 Å². The lowest BCUT2D eigenvalue weighted by atomic mass is 10.1. The summed E-state index contributed by atoms with van der Waals surface area (Å²) in [7, 11) is -1.59. The first kappa shape index (κ1) is 21.2. The van der Waals surface area contributed by atoms with Crippen molar-refractivity contribution in [2.45, 2.75) is 18.9 Å². The minimum Gasteiger partial charge on any atom is -0.339 e. The third kappa shape index (κ3) is 5.31. The van der Waals surface area contributed by atoms with Gasteiger partial charge in [0.25, 0.3) is 0 Å². The summed E-state index contributed by atoms with van der Waals surface area (Å²) >= 11 is 5.08. The highest BCUT2D eigenvalue weighted by Gasteiger charge is 2.28. The van der Waals surface area contributed by atoms with Crippen LogP contribution in [0.1, 0.15) is 17.7 Å². The standard InChI is InChI=1S/C20H23BrN2O3S2/c1-22(28(2,25)26)17-11-13-23(14-12-17)20(24)10-8-18-7-9-19(27-18)15-3-5-16(21)6-4-15/h3-10,17H,11-14H2,1-2H3/b10-8+. The summed E-state index contributed by atoms with van der Waals surface area (Å²) in [5, 5.41) is 0. The Hall–Kier alpha value is -1.48. The lowest BCUT2D eigenvalue weighted by Crippen LogP contribution is -2.46. The van der Waals surface area contributed by atoms with E-state index in [-0.39, 0.29) is 11.9 Å². The maximum Gasteiger partial charge on any atom is 0.246 e. The van der Waals surface area contributed by atoms with Crippen LogP contribution in [-0.4, -0.2) is 56.0 Å². The molecule has 0 N–H and O–H groups in total. The van der Waals surface area contributed by atoms with Gasteiger partial charge in [0.1, 0.15) is 0 Å². The Morgan fingerprint density at radius 1 is 1.18 bits per heavy atom. The molecule has 0 bridgehead atoms. The molecular weight excluding hydrogens is 460 g/mol. The molecule has 0 unspecified atom stereocenters. The monoisotopic (exact) mass is 482 g/mol. The smallest absolute Gasteiger partial charge is 0.246 e.